The molecule has 10 heavy (non-hydrogen) atoms. The zero-order chi connectivity index (χ0) is 7.40. The van der Waals surface area contributed by atoms with Crippen LogP contribution in [0.2, 0.25) is 0 Å². The first-order valence-corrected chi connectivity index (χ1v) is 2.94. The lowest BCUT2D eigenvalue weighted by atomic mass is 10.1. The molecule has 0 spiro atoms. The Morgan fingerprint density at radius 3 is 2.60 bits per heavy atom. The number of hydrogen-bond acceptors (Lipinski definition) is 1. The number of benzene rings is 1. The Bertz CT molecular complexity index is 187. The number of hydrogen-bond donors (Lipinski definition) is 1. The second-order valence-corrected chi connectivity index (χ2v) is 1.91. The van der Waals surface area contributed by atoms with E-state index in [9.17, 15) is 4.39 Å². The summed E-state index contributed by atoms with van der Waals surface area (Å²) in [6.45, 7) is 1.34. The molecule has 0 saturated heterocycles. The smallest absolute Gasteiger partial charge is 0.219 e. The van der Waals surface area contributed by atoms with Crippen molar-refractivity contribution >= 4 is 0 Å². The molecule has 0 aliphatic rings. The normalized spacial score (nSPS) is 9.80. The van der Waals surface area contributed by atoms with Crippen LogP contribution in [0.3, 0.4) is 0 Å². The average Bonchev–Trinajstić information content (AvgIpc) is 2.04. The molecule has 52 valence electrons. The highest BCUT2D eigenvalue weighted by Crippen LogP contribution is 2.10. The molecule has 0 saturated carbocycles. The van der Waals surface area contributed by atoms with Gasteiger partial charge in [-0.3, -0.25) is 0 Å². The van der Waals surface area contributed by atoms with Crippen LogP contribution in [0.1, 0.15) is 11.1 Å². The summed E-state index contributed by atoms with van der Waals surface area (Å²) in [5, 5.41) is 8.64. The number of rotatable bonds is 2. The van der Waals surface area contributed by atoms with E-state index >= 15 is 0 Å². The van der Waals surface area contributed by atoms with Gasteiger partial charge in [0.25, 0.3) is 0 Å². The fourth-order valence-corrected chi connectivity index (χ4v) is 0.750. The van der Waals surface area contributed by atoms with Crippen LogP contribution in [0.25, 0.3) is 0 Å². The molecule has 2 radical (unpaired) electrons. The monoisotopic (exact) mass is 138 g/mol. The molecule has 1 aromatic carbocycles. The SMILES string of the molecule is OCc1ccccc1[C]F. The van der Waals surface area contributed by atoms with Crippen LogP contribution in [0.15, 0.2) is 24.3 Å². The number of aliphatic hydroxyl groups excluding tert-OH is 1. The Morgan fingerprint density at radius 1 is 1.40 bits per heavy atom. The molecule has 0 aliphatic carbocycles. The molecule has 0 fully saturated rings. The Labute approximate surface area is 59.1 Å². The van der Waals surface area contributed by atoms with E-state index in [4.69, 9.17) is 5.11 Å². The van der Waals surface area contributed by atoms with Crippen LogP contribution in [-0.2, 0) is 6.61 Å². The maximum absolute atomic E-state index is 11.8. The van der Waals surface area contributed by atoms with E-state index in [0.717, 1.165) is 0 Å². The zero-order valence-corrected chi connectivity index (χ0v) is 5.34. The summed E-state index contributed by atoms with van der Waals surface area (Å²) in [6.07, 6.45) is 0. The van der Waals surface area contributed by atoms with Crippen molar-refractivity contribution in [3.05, 3.63) is 42.1 Å². The summed E-state index contributed by atoms with van der Waals surface area (Å²) in [5.41, 5.74) is 0.884. The Balaban J connectivity index is 2.96. The molecular formula is C8H7FO. The van der Waals surface area contributed by atoms with Gasteiger partial charge in [0, 0.05) is 5.56 Å². The molecular weight excluding hydrogens is 131 g/mol. The standard InChI is InChI=1S/C8H7FO/c9-5-7-3-1-2-4-8(7)6-10/h1-4,10H,6H2. The molecule has 0 bridgehead atoms. The lowest BCUT2D eigenvalue weighted by Crippen LogP contribution is -1.88. The van der Waals surface area contributed by atoms with Crippen LogP contribution >= 0.6 is 0 Å². The maximum atomic E-state index is 11.8. The van der Waals surface area contributed by atoms with Crippen molar-refractivity contribution in [1.29, 1.82) is 0 Å². The molecule has 2 heteroatoms. The first-order chi connectivity index (χ1) is 4.88. The molecule has 1 nitrogen and oxygen atoms in total. The van der Waals surface area contributed by atoms with Crippen LogP contribution in [-0.4, -0.2) is 5.11 Å². The minimum absolute atomic E-state index is 0.146. The third-order valence-corrected chi connectivity index (χ3v) is 1.29. The highest BCUT2D eigenvalue weighted by atomic mass is 19.1. The van der Waals surface area contributed by atoms with Gasteiger partial charge in [0.05, 0.1) is 6.61 Å². The zero-order valence-electron chi connectivity index (χ0n) is 5.34. The van der Waals surface area contributed by atoms with Crippen molar-refractivity contribution in [3.8, 4) is 0 Å². The second kappa shape index (κ2) is 3.32. The molecule has 0 amide bonds. The Morgan fingerprint density at radius 2 is 2.10 bits per heavy atom. The predicted octanol–water partition coefficient (Wildman–Crippen LogP) is 1.54. The lowest BCUT2D eigenvalue weighted by molar-refractivity contribution is 0.280. The second-order valence-electron chi connectivity index (χ2n) is 1.91. The average molecular weight is 138 g/mol. The van der Waals surface area contributed by atoms with E-state index in [-0.39, 0.29) is 6.61 Å². The molecule has 0 heterocycles. The van der Waals surface area contributed by atoms with Gasteiger partial charge in [0.1, 0.15) is 0 Å². The highest BCUT2D eigenvalue weighted by molar-refractivity contribution is 5.30. The fraction of sp³-hybridized carbons (Fsp3) is 0.125. The van der Waals surface area contributed by atoms with Gasteiger partial charge >= 0.3 is 0 Å². The van der Waals surface area contributed by atoms with Crippen LogP contribution < -0.4 is 0 Å². The largest absolute Gasteiger partial charge is 0.392 e. The van der Waals surface area contributed by atoms with E-state index in [2.05, 4.69) is 0 Å². The topological polar surface area (TPSA) is 20.2 Å². The van der Waals surface area contributed by atoms with Crippen molar-refractivity contribution in [2.75, 3.05) is 0 Å². The summed E-state index contributed by atoms with van der Waals surface area (Å²) >= 11 is 0. The molecule has 0 atom stereocenters. The van der Waals surface area contributed by atoms with Crippen molar-refractivity contribution in [1.82, 2.24) is 0 Å². The molecule has 0 unspecified atom stereocenters. The third kappa shape index (κ3) is 1.33. The summed E-state index contributed by atoms with van der Waals surface area (Å²) in [5.74, 6) is 0. The Kier molecular flexibility index (Phi) is 2.40. The minimum Gasteiger partial charge on any atom is -0.392 e. The lowest BCUT2D eigenvalue weighted by Gasteiger charge is -1.98. The molecule has 1 aromatic rings. The van der Waals surface area contributed by atoms with Gasteiger partial charge in [-0.15, -0.1) is 0 Å². The van der Waals surface area contributed by atoms with E-state index in [0.29, 0.717) is 11.1 Å². The van der Waals surface area contributed by atoms with Crippen molar-refractivity contribution in [3.63, 3.8) is 0 Å². The van der Waals surface area contributed by atoms with E-state index in [1.165, 1.54) is 6.67 Å². The molecule has 0 aliphatic heterocycles. The Hall–Kier alpha value is -0.890. The van der Waals surface area contributed by atoms with Gasteiger partial charge < -0.3 is 5.11 Å². The number of halogens is 1. The van der Waals surface area contributed by atoms with Gasteiger partial charge in [0.15, 0.2) is 0 Å². The fourth-order valence-electron chi connectivity index (χ4n) is 0.750. The van der Waals surface area contributed by atoms with E-state index in [1.54, 1.807) is 24.3 Å². The molecule has 0 aromatic heterocycles. The summed E-state index contributed by atoms with van der Waals surface area (Å²) in [7, 11) is 0. The third-order valence-electron chi connectivity index (χ3n) is 1.29. The minimum atomic E-state index is -0.146. The predicted molar refractivity (Wildman–Crippen MR) is 35.8 cm³/mol. The van der Waals surface area contributed by atoms with Gasteiger partial charge in [-0.1, -0.05) is 24.3 Å². The van der Waals surface area contributed by atoms with Crippen molar-refractivity contribution in [2.45, 2.75) is 6.61 Å². The quantitative estimate of drug-likeness (QED) is 0.657. The van der Waals surface area contributed by atoms with Gasteiger partial charge in [0.2, 0.25) is 6.67 Å². The van der Waals surface area contributed by atoms with Crippen LogP contribution in [0.4, 0.5) is 4.39 Å². The van der Waals surface area contributed by atoms with Crippen molar-refractivity contribution < 1.29 is 9.50 Å². The van der Waals surface area contributed by atoms with Crippen LogP contribution in [0, 0.1) is 6.67 Å². The summed E-state index contributed by atoms with van der Waals surface area (Å²) < 4.78 is 11.8. The maximum Gasteiger partial charge on any atom is 0.219 e. The first kappa shape index (κ1) is 7.22. The summed E-state index contributed by atoms with van der Waals surface area (Å²) in [4.78, 5) is 0. The van der Waals surface area contributed by atoms with Gasteiger partial charge in [-0.05, 0) is 5.56 Å². The summed E-state index contributed by atoms with van der Waals surface area (Å²) in [6, 6.07) is 6.65. The van der Waals surface area contributed by atoms with Crippen LogP contribution in [0.5, 0.6) is 0 Å². The number of aliphatic hydroxyl groups is 1. The van der Waals surface area contributed by atoms with E-state index in [1.807, 2.05) is 0 Å². The first-order valence-electron chi connectivity index (χ1n) is 2.94. The van der Waals surface area contributed by atoms with Gasteiger partial charge in [-0.25, -0.2) is 4.39 Å². The van der Waals surface area contributed by atoms with E-state index < -0.39 is 0 Å². The van der Waals surface area contributed by atoms with Gasteiger partial charge in [-0.2, -0.15) is 0 Å². The molecule has 1 N–H and O–H groups in total. The van der Waals surface area contributed by atoms with Crippen molar-refractivity contribution in [2.24, 2.45) is 0 Å². The molecule has 1 rings (SSSR count). The highest BCUT2D eigenvalue weighted by Gasteiger charge is 1.98.